The Labute approximate surface area is 185 Å². The van der Waals surface area contributed by atoms with E-state index in [9.17, 15) is 14.4 Å². The molecule has 2 atom stereocenters. The standard InChI is InChI=1S/C22H39N3O6/c1-20(2,3)31-19(28)25-12-8-9-15(13-25)24-16(26)10-11-23-18(27)17-21(4,5)14-29-22(6,7)30-17/h15,17H,8-14H2,1-7H3,(H,23,27)(H,24,26). The van der Waals surface area contributed by atoms with Crippen LogP contribution in [0.1, 0.15) is 67.7 Å². The van der Waals surface area contributed by atoms with Crippen molar-refractivity contribution in [2.45, 2.75) is 91.3 Å². The molecule has 2 N–H and O–H groups in total. The van der Waals surface area contributed by atoms with Gasteiger partial charge >= 0.3 is 6.09 Å². The predicted molar refractivity (Wildman–Crippen MR) is 115 cm³/mol. The normalized spacial score (nSPS) is 25.5. The summed E-state index contributed by atoms with van der Waals surface area (Å²) in [4.78, 5) is 38.9. The fraction of sp³-hybridized carbons (Fsp3) is 0.864. The van der Waals surface area contributed by atoms with Crippen LogP contribution in [0.15, 0.2) is 0 Å². The van der Waals surface area contributed by atoms with E-state index in [1.165, 1.54) is 0 Å². The van der Waals surface area contributed by atoms with Gasteiger partial charge in [0.1, 0.15) is 11.7 Å². The van der Waals surface area contributed by atoms with Crippen molar-refractivity contribution in [3.8, 4) is 0 Å². The van der Waals surface area contributed by atoms with Crippen LogP contribution in [-0.2, 0) is 23.8 Å². The molecule has 2 saturated heterocycles. The van der Waals surface area contributed by atoms with Crippen LogP contribution in [0.3, 0.4) is 0 Å². The van der Waals surface area contributed by atoms with Crippen molar-refractivity contribution in [1.82, 2.24) is 15.5 Å². The number of carbonyl (C=O) groups excluding carboxylic acids is 3. The molecule has 0 radical (unpaired) electrons. The summed E-state index contributed by atoms with van der Waals surface area (Å²) in [6.07, 6.45) is 0.742. The lowest BCUT2D eigenvalue weighted by molar-refractivity contribution is -0.304. The Bertz CT molecular complexity index is 671. The Morgan fingerprint density at radius 2 is 1.84 bits per heavy atom. The van der Waals surface area contributed by atoms with Crippen molar-refractivity contribution in [2.75, 3.05) is 26.2 Å². The first-order valence-corrected chi connectivity index (χ1v) is 11.1. The Morgan fingerprint density at radius 3 is 2.48 bits per heavy atom. The van der Waals surface area contributed by atoms with Crippen LogP contribution in [0.5, 0.6) is 0 Å². The summed E-state index contributed by atoms with van der Waals surface area (Å²) >= 11 is 0. The summed E-state index contributed by atoms with van der Waals surface area (Å²) in [7, 11) is 0. The van der Waals surface area contributed by atoms with E-state index in [0.717, 1.165) is 12.8 Å². The molecule has 31 heavy (non-hydrogen) atoms. The summed E-state index contributed by atoms with van der Waals surface area (Å²) < 4.78 is 16.9. The van der Waals surface area contributed by atoms with Gasteiger partial charge in [0, 0.05) is 37.5 Å². The number of carbonyl (C=O) groups is 3. The maximum atomic E-state index is 12.6. The first-order chi connectivity index (χ1) is 14.2. The van der Waals surface area contributed by atoms with E-state index in [1.54, 1.807) is 18.7 Å². The van der Waals surface area contributed by atoms with Crippen molar-refractivity contribution >= 4 is 17.9 Å². The monoisotopic (exact) mass is 441 g/mol. The molecule has 0 bridgehead atoms. The lowest BCUT2D eigenvalue weighted by Gasteiger charge is -2.44. The summed E-state index contributed by atoms with van der Waals surface area (Å²) in [6.45, 7) is 14.5. The Morgan fingerprint density at radius 1 is 1.16 bits per heavy atom. The zero-order valence-electron chi connectivity index (χ0n) is 20.0. The molecule has 0 spiro atoms. The van der Waals surface area contributed by atoms with Gasteiger partial charge in [0.15, 0.2) is 5.79 Å². The van der Waals surface area contributed by atoms with Crippen LogP contribution in [0.25, 0.3) is 0 Å². The molecule has 2 unspecified atom stereocenters. The average Bonchev–Trinajstić information content (AvgIpc) is 2.62. The van der Waals surface area contributed by atoms with E-state index in [0.29, 0.717) is 19.7 Å². The molecule has 9 heteroatoms. The third-order valence-electron chi connectivity index (χ3n) is 5.23. The van der Waals surface area contributed by atoms with Gasteiger partial charge in [-0.3, -0.25) is 9.59 Å². The van der Waals surface area contributed by atoms with E-state index >= 15 is 0 Å². The highest BCUT2D eigenvalue weighted by Gasteiger charge is 2.45. The molecular formula is C22H39N3O6. The number of piperidine rings is 1. The number of nitrogens with one attached hydrogen (secondary N) is 2. The van der Waals surface area contributed by atoms with Crippen molar-refractivity contribution in [3.05, 3.63) is 0 Å². The van der Waals surface area contributed by atoms with E-state index in [1.807, 2.05) is 34.6 Å². The molecule has 2 heterocycles. The lowest BCUT2D eigenvalue weighted by atomic mass is 9.85. The molecule has 2 rings (SSSR count). The maximum Gasteiger partial charge on any atom is 0.410 e. The molecule has 0 aromatic rings. The SMILES string of the molecule is CC(C)(C)OC(=O)N1CCCC(NC(=O)CCNC(=O)C2OC(C)(C)OCC2(C)C)C1. The molecule has 0 aliphatic carbocycles. The molecule has 3 amide bonds. The van der Waals surface area contributed by atoms with Gasteiger partial charge < -0.3 is 29.7 Å². The van der Waals surface area contributed by atoms with Gasteiger partial charge in [-0.1, -0.05) is 13.8 Å². The summed E-state index contributed by atoms with van der Waals surface area (Å²) in [5.41, 5.74) is -1.02. The molecule has 0 saturated carbocycles. The Balaban J connectivity index is 1.76. The second-order valence-corrected chi connectivity index (χ2v) is 10.5. The van der Waals surface area contributed by atoms with Gasteiger partial charge in [-0.15, -0.1) is 0 Å². The second-order valence-electron chi connectivity index (χ2n) is 10.5. The van der Waals surface area contributed by atoms with E-state index in [4.69, 9.17) is 14.2 Å². The molecule has 0 aromatic carbocycles. The van der Waals surface area contributed by atoms with Crippen molar-refractivity contribution in [2.24, 2.45) is 5.41 Å². The number of rotatable bonds is 5. The van der Waals surface area contributed by atoms with Gasteiger partial charge in [0.05, 0.1) is 6.61 Å². The highest BCUT2D eigenvalue weighted by atomic mass is 16.7. The number of likely N-dealkylation sites (tertiary alicyclic amines) is 1. The molecule has 178 valence electrons. The predicted octanol–water partition coefficient (Wildman–Crippen LogP) is 2.19. The first kappa shape index (κ1) is 25.4. The van der Waals surface area contributed by atoms with Crippen LogP contribution in [0.2, 0.25) is 0 Å². The number of nitrogens with zero attached hydrogens (tertiary/aromatic N) is 1. The lowest BCUT2D eigenvalue weighted by Crippen LogP contribution is -2.56. The fourth-order valence-electron chi connectivity index (χ4n) is 3.60. The smallest absolute Gasteiger partial charge is 0.410 e. The zero-order valence-corrected chi connectivity index (χ0v) is 20.0. The van der Waals surface area contributed by atoms with Crippen LogP contribution in [0, 0.1) is 5.41 Å². The Kier molecular flexibility index (Phi) is 7.97. The zero-order chi connectivity index (χ0) is 23.4. The average molecular weight is 442 g/mol. The Hall–Kier alpha value is -1.87. The molecule has 9 nitrogen and oxygen atoms in total. The van der Waals surface area contributed by atoms with Crippen LogP contribution in [0.4, 0.5) is 4.79 Å². The van der Waals surface area contributed by atoms with Crippen molar-refractivity contribution in [1.29, 1.82) is 0 Å². The second kappa shape index (κ2) is 9.73. The van der Waals surface area contributed by atoms with Crippen LogP contribution < -0.4 is 10.6 Å². The minimum Gasteiger partial charge on any atom is -0.444 e. The van der Waals surface area contributed by atoms with Gasteiger partial charge in [-0.2, -0.15) is 0 Å². The molecule has 2 aliphatic heterocycles. The third kappa shape index (κ3) is 7.96. The van der Waals surface area contributed by atoms with Gasteiger partial charge in [0.25, 0.3) is 0 Å². The van der Waals surface area contributed by atoms with Crippen LogP contribution >= 0.6 is 0 Å². The quantitative estimate of drug-likeness (QED) is 0.677. The molecular weight excluding hydrogens is 402 g/mol. The van der Waals surface area contributed by atoms with Crippen molar-refractivity contribution in [3.63, 3.8) is 0 Å². The van der Waals surface area contributed by atoms with E-state index in [2.05, 4.69) is 10.6 Å². The third-order valence-corrected chi connectivity index (χ3v) is 5.23. The summed E-state index contributed by atoms with van der Waals surface area (Å²) in [5.74, 6) is -1.23. The molecule has 2 aliphatic rings. The number of ether oxygens (including phenoxy) is 3. The minimum absolute atomic E-state index is 0.122. The number of hydrogen-bond acceptors (Lipinski definition) is 6. The minimum atomic E-state index is -0.824. The largest absolute Gasteiger partial charge is 0.444 e. The summed E-state index contributed by atoms with van der Waals surface area (Å²) in [6, 6.07) is -0.122. The van der Waals surface area contributed by atoms with E-state index in [-0.39, 0.29) is 36.9 Å². The highest BCUT2D eigenvalue weighted by molar-refractivity contribution is 5.83. The van der Waals surface area contributed by atoms with Gasteiger partial charge in [0.2, 0.25) is 11.8 Å². The van der Waals surface area contributed by atoms with Crippen LogP contribution in [-0.4, -0.2) is 72.6 Å². The summed E-state index contributed by atoms with van der Waals surface area (Å²) in [5, 5.41) is 5.76. The number of hydrogen-bond donors (Lipinski definition) is 2. The van der Waals surface area contributed by atoms with E-state index < -0.39 is 22.9 Å². The molecule has 0 aromatic heterocycles. The maximum absolute atomic E-state index is 12.6. The van der Waals surface area contributed by atoms with Gasteiger partial charge in [-0.25, -0.2) is 4.79 Å². The molecule has 2 fully saturated rings. The van der Waals surface area contributed by atoms with Gasteiger partial charge in [-0.05, 0) is 47.5 Å². The number of amides is 3. The first-order valence-electron chi connectivity index (χ1n) is 11.1. The topological polar surface area (TPSA) is 106 Å². The fourth-order valence-corrected chi connectivity index (χ4v) is 3.60. The highest BCUT2D eigenvalue weighted by Crippen LogP contribution is 2.34. The van der Waals surface area contributed by atoms with Crippen molar-refractivity contribution < 1.29 is 28.6 Å².